The quantitative estimate of drug-likeness (QED) is 0.276. The Morgan fingerprint density at radius 1 is 1.07 bits per heavy atom. The average molecular weight is 460 g/mol. The Balaban J connectivity index is 2.24. The fourth-order valence-electron chi connectivity index (χ4n) is 3.67. The Hall–Kier alpha value is -2.14. The first-order valence-electron chi connectivity index (χ1n) is 10.2. The van der Waals surface area contributed by atoms with Crippen molar-refractivity contribution in [2.75, 3.05) is 12.4 Å². The number of fused-ring (bicyclic) bond motifs is 1. The van der Waals surface area contributed by atoms with E-state index in [1.54, 1.807) is 7.11 Å². The number of aryl methyl sites for hydroxylation is 2. The third kappa shape index (κ3) is 4.72. The summed E-state index contributed by atoms with van der Waals surface area (Å²) < 4.78 is 22.2. The Morgan fingerprint density at radius 2 is 1.83 bits per heavy atom. The number of hydrogen-bond acceptors (Lipinski definition) is 2. The van der Waals surface area contributed by atoms with Crippen LogP contribution in [0.25, 0.3) is 22.0 Å². The lowest BCUT2D eigenvalue weighted by Gasteiger charge is -2.17. The van der Waals surface area contributed by atoms with Crippen LogP contribution >= 0.6 is 15.9 Å². The third-order valence-corrected chi connectivity index (χ3v) is 5.80. The van der Waals surface area contributed by atoms with Crippen molar-refractivity contribution >= 4 is 26.8 Å². The monoisotopic (exact) mass is 459 g/mol. The molecule has 29 heavy (non-hydrogen) atoms. The van der Waals surface area contributed by atoms with Gasteiger partial charge in [-0.05, 0) is 55.0 Å². The normalized spacial score (nSPS) is 11.2. The Kier molecular flexibility index (Phi) is 7.48. The lowest BCUT2D eigenvalue weighted by Crippen LogP contribution is -2.15. The minimum atomic E-state index is -0.449. The fourth-order valence-corrected chi connectivity index (χ4v) is 4.06. The summed E-state index contributed by atoms with van der Waals surface area (Å²) in [6.07, 6.45) is 6.77. The van der Waals surface area contributed by atoms with Crippen molar-refractivity contribution < 1.29 is 9.13 Å². The SMILES string of the molecule is CCCCc1ccc(F)c2c(=O)c(-c3ccc(OC)cc3)cn(CCCCBr)c12. The van der Waals surface area contributed by atoms with Crippen LogP contribution in [0, 0.1) is 5.82 Å². The van der Waals surface area contributed by atoms with Gasteiger partial charge in [0, 0.05) is 23.6 Å². The molecule has 0 N–H and O–H groups in total. The first kappa shape index (κ1) is 21.6. The van der Waals surface area contributed by atoms with Crippen molar-refractivity contribution in [3.63, 3.8) is 0 Å². The van der Waals surface area contributed by atoms with Gasteiger partial charge in [-0.1, -0.05) is 47.5 Å². The molecule has 0 fully saturated rings. The zero-order valence-electron chi connectivity index (χ0n) is 17.0. The van der Waals surface area contributed by atoms with Gasteiger partial charge in [-0.15, -0.1) is 0 Å². The molecule has 1 heterocycles. The molecule has 0 aliphatic rings. The molecule has 0 unspecified atom stereocenters. The molecule has 1 aromatic heterocycles. The first-order valence-corrected chi connectivity index (χ1v) is 11.3. The van der Waals surface area contributed by atoms with Crippen molar-refractivity contribution in [3.8, 4) is 16.9 Å². The van der Waals surface area contributed by atoms with E-state index in [0.29, 0.717) is 5.56 Å². The van der Waals surface area contributed by atoms with Crippen LogP contribution in [0.4, 0.5) is 4.39 Å². The number of unbranched alkanes of at least 4 members (excludes halogenated alkanes) is 2. The minimum Gasteiger partial charge on any atom is -0.497 e. The minimum absolute atomic E-state index is 0.200. The summed E-state index contributed by atoms with van der Waals surface area (Å²) in [5.74, 6) is 0.273. The van der Waals surface area contributed by atoms with Crippen LogP contribution in [0.2, 0.25) is 0 Å². The Morgan fingerprint density at radius 3 is 2.48 bits per heavy atom. The summed E-state index contributed by atoms with van der Waals surface area (Å²) in [6.45, 7) is 2.88. The van der Waals surface area contributed by atoms with E-state index >= 15 is 0 Å². The summed E-state index contributed by atoms with van der Waals surface area (Å²) >= 11 is 3.48. The molecule has 3 nitrogen and oxygen atoms in total. The number of pyridine rings is 1. The largest absolute Gasteiger partial charge is 0.497 e. The van der Waals surface area contributed by atoms with E-state index in [2.05, 4.69) is 27.4 Å². The predicted octanol–water partition coefficient (Wildman–Crippen LogP) is 6.33. The lowest BCUT2D eigenvalue weighted by atomic mass is 9.99. The number of methoxy groups -OCH3 is 1. The van der Waals surface area contributed by atoms with Crippen molar-refractivity contribution in [1.82, 2.24) is 4.57 Å². The number of halogens is 2. The van der Waals surface area contributed by atoms with Gasteiger partial charge in [0.1, 0.15) is 11.6 Å². The highest BCUT2D eigenvalue weighted by atomic mass is 79.9. The van der Waals surface area contributed by atoms with Crippen LogP contribution in [-0.4, -0.2) is 17.0 Å². The van der Waals surface area contributed by atoms with E-state index in [9.17, 15) is 9.18 Å². The number of ether oxygens (including phenoxy) is 1. The second kappa shape index (κ2) is 10.1. The molecule has 0 saturated heterocycles. The van der Waals surface area contributed by atoms with Crippen LogP contribution in [0.3, 0.4) is 0 Å². The summed E-state index contributed by atoms with van der Waals surface area (Å²) in [5, 5.41) is 1.12. The molecule has 3 aromatic rings. The van der Waals surface area contributed by atoms with Gasteiger partial charge in [0.15, 0.2) is 5.43 Å². The molecule has 0 atom stereocenters. The lowest BCUT2D eigenvalue weighted by molar-refractivity contribution is 0.415. The molecular formula is C24H27BrFNO2. The molecular weight excluding hydrogens is 433 g/mol. The Labute approximate surface area is 179 Å². The number of nitrogens with zero attached hydrogens (tertiary/aromatic N) is 1. The standard InChI is InChI=1S/C24H27BrFNO2/c1-3-4-7-18-10-13-21(26)22-23(18)27(15-6-5-14-25)16-20(24(22)28)17-8-11-19(29-2)12-9-17/h8-13,16H,3-7,14-15H2,1-2H3. The van der Waals surface area contributed by atoms with E-state index in [4.69, 9.17) is 4.74 Å². The van der Waals surface area contributed by atoms with Crippen molar-refractivity contribution in [2.45, 2.75) is 45.6 Å². The highest BCUT2D eigenvalue weighted by molar-refractivity contribution is 9.09. The second-order valence-corrected chi connectivity index (χ2v) is 8.02. The van der Waals surface area contributed by atoms with Gasteiger partial charge in [-0.25, -0.2) is 4.39 Å². The predicted molar refractivity (Wildman–Crippen MR) is 122 cm³/mol. The van der Waals surface area contributed by atoms with E-state index in [-0.39, 0.29) is 10.8 Å². The molecule has 154 valence electrons. The number of rotatable bonds is 9. The van der Waals surface area contributed by atoms with Crippen molar-refractivity contribution in [2.24, 2.45) is 0 Å². The molecule has 5 heteroatoms. The van der Waals surface area contributed by atoms with Gasteiger partial charge >= 0.3 is 0 Å². The molecule has 3 rings (SSSR count). The van der Waals surface area contributed by atoms with Crippen molar-refractivity contribution in [1.29, 1.82) is 0 Å². The summed E-state index contributed by atoms with van der Waals surface area (Å²) in [6, 6.07) is 10.6. The van der Waals surface area contributed by atoms with Gasteiger partial charge in [0.2, 0.25) is 0 Å². The maximum atomic E-state index is 14.9. The van der Waals surface area contributed by atoms with Gasteiger partial charge in [0.25, 0.3) is 0 Å². The van der Waals surface area contributed by atoms with Crippen LogP contribution in [0.1, 0.15) is 38.2 Å². The zero-order chi connectivity index (χ0) is 20.8. The Bertz CT molecular complexity index is 1030. The van der Waals surface area contributed by atoms with Crippen molar-refractivity contribution in [3.05, 3.63) is 64.2 Å². The van der Waals surface area contributed by atoms with Crippen LogP contribution in [-0.2, 0) is 13.0 Å². The van der Waals surface area contributed by atoms with E-state index in [1.165, 1.54) is 6.07 Å². The molecule has 0 spiro atoms. The average Bonchev–Trinajstić information content (AvgIpc) is 2.74. The topological polar surface area (TPSA) is 31.2 Å². The first-order chi connectivity index (χ1) is 14.1. The fraction of sp³-hybridized carbons (Fsp3) is 0.375. The van der Waals surface area contributed by atoms with E-state index < -0.39 is 5.82 Å². The van der Waals surface area contributed by atoms with Crippen LogP contribution in [0.5, 0.6) is 5.75 Å². The maximum Gasteiger partial charge on any atom is 0.200 e. The number of benzene rings is 2. The maximum absolute atomic E-state index is 14.9. The van der Waals surface area contributed by atoms with Gasteiger partial charge < -0.3 is 9.30 Å². The third-order valence-electron chi connectivity index (χ3n) is 5.24. The molecule has 0 aliphatic carbocycles. The molecule has 0 bridgehead atoms. The molecule has 0 aliphatic heterocycles. The van der Waals surface area contributed by atoms with Gasteiger partial charge in [-0.2, -0.15) is 0 Å². The van der Waals surface area contributed by atoms with Gasteiger partial charge in [0.05, 0.1) is 18.0 Å². The smallest absolute Gasteiger partial charge is 0.200 e. The van der Waals surface area contributed by atoms with Gasteiger partial charge in [-0.3, -0.25) is 4.79 Å². The molecule has 0 amide bonds. The highest BCUT2D eigenvalue weighted by Gasteiger charge is 2.17. The van der Waals surface area contributed by atoms with E-state index in [0.717, 1.165) is 66.4 Å². The number of hydrogen-bond donors (Lipinski definition) is 0. The highest BCUT2D eigenvalue weighted by Crippen LogP contribution is 2.27. The second-order valence-electron chi connectivity index (χ2n) is 7.22. The number of aromatic nitrogens is 1. The van der Waals surface area contributed by atoms with E-state index in [1.807, 2.05) is 36.5 Å². The molecule has 2 aromatic carbocycles. The summed E-state index contributed by atoms with van der Waals surface area (Å²) in [5.41, 5.74) is 2.82. The molecule has 0 saturated carbocycles. The molecule has 0 radical (unpaired) electrons. The summed E-state index contributed by atoms with van der Waals surface area (Å²) in [4.78, 5) is 13.3. The number of alkyl halides is 1. The zero-order valence-corrected chi connectivity index (χ0v) is 18.6. The van der Waals surface area contributed by atoms with Crippen LogP contribution in [0.15, 0.2) is 47.4 Å². The summed E-state index contributed by atoms with van der Waals surface area (Å²) in [7, 11) is 1.61. The van der Waals surface area contributed by atoms with Crippen LogP contribution < -0.4 is 10.2 Å².